The van der Waals surface area contributed by atoms with E-state index in [2.05, 4.69) is 11.7 Å². The molecule has 9 heteroatoms. The maximum absolute atomic E-state index is 14.8. The van der Waals surface area contributed by atoms with Gasteiger partial charge in [0, 0.05) is 0 Å². The van der Waals surface area contributed by atoms with Crippen molar-refractivity contribution in [1.29, 1.82) is 0 Å². The predicted molar refractivity (Wildman–Crippen MR) is 128 cm³/mol. The second-order valence-corrected chi connectivity index (χ2v) is 11.1. The third kappa shape index (κ3) is 6.06. The van der Waals surface area contributed by atoms with Crippen LogP contribution in [0.3, 0.4) is 0 Å². The van der Waals surface area contributed by atoms with E-state index in [4.69, 9.17) is 0 Å². The first-order valence-corrected chi connectivity index (χ1v) is 13.5. The summed E-state index contributed by atoms with van der Waals surface area (Å²) in [5.74, 6) is 0.0213. The average Bonchev–Trinajstić information content (AvgIpc) is 2.86. The summed E-state index contributed by atoms with van der Waals surface area (Å²) in [6.45, 7) is 2.22. The van der Waals surface area contributed by atoms with Crippen LogP contribution in [0.15, 0.2) is 42.2 Å². The van der Waals surface area contributed by atoms with Gasteiger partial charge in [-0.05, 0) is 98.1 Å². The molecule has 3 aliphatic rings. The number of ether oxygens (including phenoxy) is 1. The number of alkyl halides is 7. The van der Waals surface area contributed by atoms with Crippen molar-refractivity contribution < 1.29 is 39.9 Å². The van der Waals surface area contributed by atoms with Crippen LogP contribution in [0, 0.1) is 23.6 Å². The molecule has 3 aliphatic carbocycles. The minimum Gasteiger partial charge on any atom is -0.429 e. The summed E-state index contributed by atoms with van der Waals surface area (Å²) in [7, 11) is 0. The highest BCUT2D eigenvalue weighted by Gasteiger charge is 2.60. The first kappa shape index (κ1) is 28.9. The van der Waals surface area contributed by atoms with Gasteiger partial charge < -0.3 is 4.74 Å². The Morgan fingerprint density at radius 2 is 1.53 bits per heavy atom. The molecule has 0 aromatic heterocycles. The highest BCUT2D eigenvalue weighted by Crippen LogP contribution is 2.46. The Labute approximate surface area is 218 Å². The first-order chi connectivity index (χ1) is 17.8. The van der Waals surface area contributed by atoms with Gasteiger partial charge in [0.05, 0.1) is 5.56 Å². The van der Waals surface area contributed by atoms with Gasteiger partial charge in [-0.3, -0.25) is 0 Å². The highest BCUT2D eigenvalue weighted by molar-refractivity contribution is 5.32. The molecule has 38 heavy (non-hydrogen) atoms. The van der Waals surface area contributed by atoms with Crippen LogP contribution in [0.4, 0.5) is 35.1 Å². The van der Waals surface area contributed by atoms with Gasteiger partial charge in [0.2, 0.25) is 0 Å². The molecule has 1 aromatic rings. The van der Waals surface area contributed by atoms with Crippen molar-refractivity contribution in [2.45, 2.75) is 101 Å². The Balaban J connectivity index is 1.36. The van der Waals surface area contributed by atoms with Crippen molar-refractivity contribution in [3.63, 3.8) is 0 Å². The molecular weight excluding hydrogens is 516 g/mol. The van der Waals surface area contributed by atoms with Crippen LogP contribution in [0.1, 0.15) is 88.2 Å². The zero-order valence-electron chi connectivity index (χ0n) is 21.4. The maximum atomic E-state index is 14.8. The van der Waals surface area contributed by atoms with Gasteiger partial charge in [-0.1, -0.05) is 38.7 Å². The standard InChI is InChI=1S/C29H34F8O/c1-2-3-18-4-6-19(7-5-18)20-8-10-21(11-9-20)22-12-13-24(25(30)16-22)28(33,34)38-23-14-15-27(32,26(31)17-23)29(35,36)37/h12-21,26H,2-11H2,1H3. The maximum Gasteiger partial charge on any atom is 0.429 e. The molecule has 0 heterocycles. The van der Waals surface area contributed by atoms with E-state index in [-0.39, 0.29) is 24.1 Å². The molecule has 0 saturated heterocycles. The van der Waals surface area contributed by atoms with E-state index in [0.717, 1.165) is 49.7 Å². The SMILES string of the molecule is CCCC1CCC(C2CCC(c3ccc(C(F)(F)OC4=CC(F)C(F)(C(F)(F)F)C=C4)c(F)c3)CC2)CC1. The van der Waals surface area contributed by atoms with Crippen LogP contribution < -0.4 is 0 Å². The van der Waals surface area contributed by atoms with Gasteiger partial charge in [0.1, 0.15) is 11.6 Å². The minimum atomic E-state index is -5.58. The Hall–Kier alpha value is -2.06. The summed E-state index contributed by atoms with van der Waals surface area (Å²) < 4.78 is 115. The van der Waals surface area contributed by atoms with Crippen LogP contribution in [-0.2, 0) is 10.8 Å². The molecule has 0 amide bonds. The first-order valence-electron chi connectivity index (χ1n) is 13.5. The summed E-state index contributed by atoms with van der Waals surface area (Å²) in [6, 6.07) is 3.35. The molecule has 0 spiro atoms. The van der Waals surface area contributed by atoms with Gasteiger partial charge >= 0.3 is 12.3 Å². The molecule has 212 valence electrons. The topological polar surface area (TPSA) is 9.23 Å². The van der Waals surface area contributed by atoms with Gasteiger partial charge in [-0.25, -0.2) is 13.2 Å². The lowest BCUT2D eigenvalue weighted by molar-refractivity contribution is -0.233. The predicted octanol–water partition coefficient (Wildman–Crippen LogP) is 9.83. The number of allylic oxidation sites excluding steroid dienone is 3. The third-order valence-corrected chi connectivity index (χ3v) is 8.69. The van der Waals surface area contributed by atoms with E-state index >= 15 is 0 Å². The summed E-state index contributed by atoms with van der Waals surface area (Å²) in [5, 5.41) is 0. The lowest BCUT2D eigenvalue weighted by Crippen LogP contribution is -2.47. The molecule has 0 aliphatic heterocycles. The monoisotopic (exact) mass is 550 g/mol. The van der Waals surface area contributed by atoms with E-state index in [1.54, 1.807) is 0 Å². The highest BCUT2D eigenvalue weighted by atomic mass is 19.4. The average molecular weight is 551 g/mol. The fraction of sp³-hybridized carbons (Fsp3) is 0.655. The van der Waals surface area contributed by atoms with Crippen LogP contribution in [0.25, 0.3) is 0 Å². The molecule has 2 saturated carbocycles. The quantitative estimate of drug-likeness (QED) is 0.307. The minimum absolute atomic E-state index is 0.0254. The fourth-order valence-corrected chi connectivity index (χ4v) is 6.44. The largest absolute Gasteiger partial charge is 0.429 e. The van der Waals surface area contributed by atoms with Crippen molar-refractivity contribution in [3.8, 4) is 0 Å². The van der Waals surface area contributed by atoms with Gasteiger partial charge in [0.25, 0.3) is 5.67 Å². The van der Waals surface area contributed by atoms with Crippen LogP contribution in [-0.4, -0.2) is 18.0 Å². The summed E-state index contributed by atoms with van der Waals surface area (Å²) in [4.78, 5) is 0. The van der Waals surface area contributed by atoms with E-state index in [9.17, 15) is 35.1 Å². The third-order valence-electron chi connectivity index (χ3n) is 8.69. The molecule has 2 fully saturated rings. The zero-order valence-corrected chi connectivity index (χ0v) is 21.4. The number of benzene rings is 1. The number of rotatable bonds is 7. The lowest BCUT2D eigenvalue weighted by Gasteiger charge is -2.38. The van der Waals surface area contributed by atoms with E-state index < -0.39 is 41.3 Å². The second kappa shape index (κ2) is 11.2. The number of hydrogen-bond donors (Lipinski definition) is 0. The smallest absolute Gasteiger partial charge is 0.429 e. The summed E-state index contributed by atoms with van der Waals surface area (Å²) in [5.41, 5.74) is -4.87. The Kier molecular flexibility index (Phi) is 8.53. The van der Waals surface area contributed by atoms with Crippen molar-refractivity contribution in [1.82, 2.24) is 0 Å². The van der Waals surface area contributed by atoms with Crippen LogP contribution in [0.2, 0.25) is 0 Å². The molecule has 1 nitrogen and oxygen atoms in total. The lowest BCUT2D eigenvalue weighted by atomic mass is 9.68. The normalized spacial score (nSPS) is 32.7. The van der Waals surface area contributed by atoms with Crippen LogP contribution >= 0.6 is 0 Å². The molecule has 2 atom stereocenters. The number of halogens is 8. The Bertz CT molecular complexity index is 1020. The van der Waals surface area contributed by atoms with Gasteiger partial charge in [-0.15, -0.1) is 0 Å². The van der Waals surface area contributed by atoms with Crippen molar-refractivity contribution in [3.05, 3.63) is 59.1 Å². The Morgan fingerprint density at radius 1 is 0.921 bits per heavy atom. The fourth-order valence-electron chi connectivity index (χ4n) is 6.44. The Morgan fingerprint density at radius 3 is 2.05 bits per heavy atom. The van der Waals surface area contributed by atoms with Crippen molar-refractivity contribution in [2.24, 2.45) is 17.8 Å². The van der Waals surface area contributed by atoms with Crippen molar-refractivity contribution >= 4 is 0 Å². The second-order valence-electron chi connectivity index (χ2n) is 11.1. The molecule has 4 rings (SSSR count). The molecule has 1 aromatic carbocycles. The number of hydrogen-bond acceptors (Lipinski definition) is 1. The summed E-state index contributed by atoms with van der Waals surface area (Å²) >= 11 is 0. The molecule has 0 N–H and O–H groups in total. The molecule has 0 radical (unpaired) electrons. The van der Waals surface area contributed by atoms with E-state index in [1.165, 1.54) is 44.6 Å². The van der Waals surface area contributed by atoms with Gasteiger partial charge in [-0.2, -0.15) is 22.0 Å². The van der Waals surface area contributed by atoms with Crippen molar-refractivity contribution in [2.75, 3.05) is 0 Å². The molecule has 0 bridgehead atoms. The molecule has 2 unspecified atom stereocenters. The van der Waals surface area contributed by atoms with Crippen LogP contribution in [0.5, 0.6) is 0 Å². The van der Waals surface area contributed by atoms with E-state index in [1.807, 2.05) is 0 Å². The van der Waals surface area contributed by atoms with Gasteiger partial charge in [0.15, 0.2) is 6.17 Å². The zero-order chi connectivity index (χ0) is 27.7. The van der Waals surface area contributed by atoms with E-state index in [0.29, 0.717) is 11.5 Å². The molecular formula is C29H34F8O. The summed E-state index contributed by atoms with van der Waals surface area (Å²) in [6.07, 6.45) is -1.76.